The Morgan fingerprint density at radius 2 is 2.10 bits per heavy atom. The fraction of sp³-hybridized carbons (Fsp3) is 0.429. The molecule has 0 saturated heterocycles. The molecule has 2 atom stereocenters. The number of carbonyl (C=O) groups is 2. The Labute approximate surface area is 123 Å². The Kier molecular flexibility index (Phi) is 6.38. The van der Waals surface area contributed by atoms with E-state index in [2.05, 4.69) is 10.6 Å². The predicted molar refractivity (Wildman–Crippen MR) is 82.8 cm³/mol. The van der Waals surface area contributed by atoms with E-state index < -0.39 is 12.1 Å². The first kappa shape index (κ1) is 16.4. The van der Waals surface area contributed by atoms with Gasteiger partial charge in [0.25, 0.3) is 0 Å². The van der Waals surface area contributed by atoms with Gasteiger partial charge in [0.2, 0.25) is 5.91 Å². The molecule has 0 fully saturated rings. The lowest BCUT2D eigenvalue weighted by molar-refractivity contribution is -0.119. The molecule has 6 heteroatoms. The first-order valence-electron chi connectivity index (χ1n) is 6.48. The molecule has 0 bridgehead atoms. The van der Waals surface area contributed by atoms with E-state index >= 15 is 0 Å². The van der Waals surface area contributed by atoms with Gasteiger partial charge in [-0.1, -0.05) is 26.3 Å². The highest BCUT2D eigenvalue weighted by molar-refractivity contribution is 7.98. The second-order valence-corrected chi connectivity index (χ2v) is 5.47. The van der Waals surface area contributed by atoms with E-state index in [0.29, 0.717) is 5.69 Å². The van der Waals surface area contributed by atoms with Crippen LogP contribution >= 0.6 is 11.8 Å². The zero-order valence-corrected chi connectivity index (χ0v) is 12.8. The van der Waals surface area contributed by atoms with E-state index in [0.717, 1.165) is 11.3 Å². The third kappa shape index (κ3) is 4.77. The molecular formula is C14H21N3O2S. The number of anilines is 1. The molecule has 0 aromatic heterocycles. The number of carbonyl (C=O) groups excluding carboxylic acids is 2. The second kappa shape index (κ2) is 7.79. The smallest absolute Gasteiger partial charge is 0.312 e. The molecule has 2 unspecified atom stereocenters. The van der Waals surface area contributed by atoms with Gasteiger partial charge in [-0.15, -0.1) is 11.8 Å². The van der Waals surface area contributed by atoms with Crippen LogP contribution in [0.15, 0.2) is 29.2 Å². The van der Waals surface area contributed by atoms with Crippen molar-refractivity contribution in [2.24, 2.45) is 11.7 Å². The SMILES string of the molecule is CCC(C)C(NC(N)=O)C(=O)Nc1cccc(SC)c1. The van der Waals surface area contributed by atoms with Crippen LogP contribution in [0.3, 0.4) is 0 Å². The van der Waals surface area contributed by atoms with Crippen molar-refractivity contribution in [3.63, 3.8) is 0 Å². The number of hydrogen-bond acceptors (Lipinski definition) is 3. The minimum absolute atomic E-state index is 0.00577. The van der Waals surface area contributed by atoms with E-state index in [1.807, 2.05) is 44.4 Å². The summed E-state index contributed by atoms with van der Waals surface area (Å²) in [5.74, 6) is -0.248. The highest BCUT2D eigenvalue weighted by atomic mass is 32.2. The maximum absolute atomic E-state index is 12.3. The Morgan fingerprint density at radius 3 is 2.65 bits per heavy atom. The van der Waals surface area contributed by atoms with Crippen LogP contribution in [-0.2, 0) is 4.79 Å². The summed E-state index contributed by atoms with van der Waals surface area (Å²) in [6.45, 7) is 3.86. The summed E-state index contributed by atoms with van der Waals surface area (Å²) >= 11 is 1.60. The Balaban J connectivity index is 2.81. The van der Waals surface area contributed by atoms with Gasteiger partial charge in [-0.3, -0.25) is 4.79 Å². The molecule has 5 nitrogen and oxygen atoms in total. The molecule has 0 spiro atoms. The molecule has 1 aromatic carbocycles. The van der Waals surface area contributed by atoms with Gasteiger partial charge in [0, 0.05) is 10.6 Å². The summed E-state index contributed by atoms with van der Waals surface area (Å²) in [6.07, 6.45) is 2.74. The van der Waals surface area contributed by atoms with Crippen molar-refractivity contribution in [2.75, 3.05) is 11.6 Å². The van der Waals surface area contributed by atoms with Crippen LogP contribution < -0.4 is 16.4 Å². The Bertz CT molecular complexity index is 479. The molecule has 0 aliphatic heterocycles. The minimum Gasteiger partial charge on any atom is -0.352 e. The minimum atomic E-state index is -0.691. The van der Waals surface area contributed by atoms with Crippen molar-refractivity contribution in [3.8, 4) is 0 Å². The first-order valence-corrected chi connectivity index (χ1v) is 7.71. The number of rotatable bonds is 6. The lowest BCUT2D eigenvalue weighted by Gasteiger charge is -2.22. The summed E-state index contributed by atoms with van der Waals surface area (Å²) in [5.41, 5.74) is 5.84. The van der Waals surface area contributed by atoms with Gasteiger partial charge in [-0.05, 0) is 30.4 Å². The summed E-state index contributed by atoms with van der Waals surface area (Å²) in [5, 5.41) is 5.32. The summed E-state index contributed by atoms with van der Waals surface area (Å²) in [4.78, 5) is 24.3. The average Bonchev–Trinajstić information content (AvgIpc) is 2.43. The zero-order valence-electron chi connectivity index (χ0n) is 12.0. The first-order chi connectivity index (χ1) is 9.47. The van der Waals surface area contributed by atoms with Crippen molar-refractivity contribution in [1.82, 2.24) is 5.32 Å². The molecule has 1 aromatic rings. The van der Waals surface area contributed by atoms with Gasteiger partial charge in [-0.2, -0.15) is 0 Å². The lowest BCUT2D eigenvalue weighted by atomic mass is 9.98. The number of primary amides is 1. The van der Waals surface area contributed by atoms with Gasteiger partial charge in [0.1, 0.15) is 6.04 Å². The molecule has 0 heterocycles. The van der Waals surface area contributed by atoms with Crippen molar-refractivity contribution in [1.29, 1.82) is 0 Å². The maximum atomic E-state index is 12.3. The van der Waals surface area contributed by atoms with E-state index in [9.17, 15) is 9.59 Å². The standard InChI is InChI=1S/C14H21N3O2S/c1-4-9(2)12(17-14(15)19)13(18)16-10-6-5-7-11(8-10)20-3/h5-9,12H,4H2,1-3H3,(H,16,18)(H3,15,17,19). The monoisotopic (exact) mass is 295 g/mol. The van der Waals surface area contributed by atoms with Crippen LogP contribution in [0.25, 0.3) is 0 Å². The summed E-state index contributed by atoms with van der Waals surface area (Å²) < 4.78 is 0. The van der Waals surface area contributed by atoms with Crippen LogP contribution in [0, 0.1) is 5.92 Å². The fourth-order valence-electron chi connectivity index (χ4n) is 1.78. The predicted octanol–water partition coefficient (Wildman–Crippen LogP) is 2.43. The second-order valence-electron chi connectivity index (χ2n) is 4.59. The van der Waals surface area contributed by atoms with Gasteiger partial charge >= 0.3 is 6.03 Å². The number of nitrogens with two attached hydrogens (primary N) is 1. The highest BCUT2D eigenvalue weighted by Crippen LogP contribution is 2.19. The molecular weight excluding hydrogens is 274 g/mol. The number of thioether (sulfide) groups is 1. The third-order valence-corrected chi connectivity index (χ3v) is 3.86. The normalized spacial score (nSPS) is 13.3. The van der Waals surface area contributed by atoms with Crippen molar-refractivity contribution in [3.05, 3.63) is 24.3 Å². The summed E-state index contributed by atoms with van der Waals surface area (Å²) in [7, 11) is 0. The van der Waals surface area contributed by atoms with Crippen LogP contribution in [0.5, 0.6) is 0 Å². The van der Waals surface area contributed by atoms with Crippen LogP contribution in [-0.4, -0.2) is 24.2 Å². The molecule has 4 N–H and O–H groups in total. The summed E-state index contributed by atoms with van der Waals surface area (Å²) in [6, 6.07) is 6.23. The molecule has 3 amide bonds. The quantitative estimate of drug-likeness (QED) is 0.705. The van der Waals surface area contributed by atoms with Gasteiger partial charge in [0.05, 0.1) is 0 Å². The number of amides is 3. The van der Waals surface area contributed by atoms with Gasteiger partial charge < -0.3 is 16.4 Å². The number of benzene rings is 1. The molecule has 1 rings (SSSR count). The highest BCUT2D eigenvalue weighted by Gasteiger charge is 2.25. The Morgan fingerprint density at radius 1 is 1.40 bits per heavy atom. The third-order valence-electron chi connectivity index (χ3n) is 3.13. The fourth-order valence-corrected chi connectivity index (χ4v) is 2.24. The van der Waals surface area contributed by atoms with E-state index in [4.69, 9.17) is 5.73 Å². The number of nitrogens with one attached hydrogen (secondary N) is 2. The molecule has 0 aliphatic carbocycles. The van der Waals surface area contributed by atoms with E-state index in [-0.39, 0.29) is 11.8 Å². The molecule has 0 aliphatic rings. The molecule has 0 saturated carbocycles. The van der Waals surface area contributed by atoms with Gasteiger partial charge in [-0.25, -0.2) is 4.79 Å². The van der Waals surface area contributed by atoms with Crippen molar-refractivity contribution < 1.29 is 9.59 Å². The number of hydrogen-bond donors (Lipinski definition) is 3. The van der Waals surface area contributed by atoms with Crippen LogP contribution in [0.1, 0.15) is 20.3 Å². The molecule has 20 heavy (non-hydrogen) atoms. The van der Waals surface area contributed by atoms with E-state index in [1.54, 1.807) is 11.8 Å². The van der Waals surface area contributed by atoms with Crippen molar-refractivity contribution in [2.45, 2.75) is 31.2 Å². The van der Waals surface area contributed by atoms with Gasteiger partial charge in [0.15, 0.2) is 0 Å². The van der Waals surface area contributed by atoms with Crippen molar-refractivity contribution >= 4 is 29.4 Å². The maximum Gasteiger partial charge on any atom is 0.312 e. The Hall–Kier alpha value is -1.69. The topological polar surface area (TPSA) is 84.2 Å². The van der Waals surface area contributed by atoms with E-state index in [1.165, 1.54) is 0 Å². The van der Waals surface area contributed by atoms with Crippen LogP contribution in [0.4, 0.5) is 10.5 Å². The zero-order chi connectivity index (χ0) is 15.1. The largest absolute Gasteiger partial charge is 0.352 e. The number of urea groups is 1. The molecule has 110 valence electrons. The molecule has 0 radical (unpaired) electrons. The van der Waals surface area contributed by atoms with Crippen LogP contribution in [0.2, 0.25) is 0 Å². The lowest BCUT2D eigenvalue weighted by Crippen LogP contribution is -2.49. The average molecular weight is 295 g/mol.